The molecule has 0 spiro atoms. The van der Waals surface area contributed by atoms with Gasteiger partial charge in [-0.15, -0.1) is 0 Å². The minimum atomic E-state index is 0.0128. The van der Waals surface area contributed by atoms with Crippen molar-refractivity contribution in [2.45, 2.75) is 6.04 Å². The second-order valence-electron chi connectivity index (χ2n) is 3.55. The molecule has 2 heterocycles. The smallest absolute Gasteiger partial charge is 0.137 e. The van der Waals surface area contributed by atoms with Gasteiger partial charge in [-0.05, 0) is 18.7 Å². The minimum absolute atomic E-state index is 0.0128. The highest BCUT2D eigenvalue weighted by molar-refractivity contribution is 5.31. The van der Waals surface area contributed by atoms with Gasteiger partial charge in [-0.3, -0.25) is 4.98 Å². The van der Waals surface area contributed by atoms with Crippen molar-refractivity contribution in [2.75, 3.05) is 14.2 Å². The van der Waals surface area contributed by atoms with Gasteiger partial charge in [-0.1, -0.05) is 0 Å². The highest BCUT2D eigenvalue weighted by Crippen LogP contribution is 2.22. The summed E-state index contributed by atoms with van der Waals surface area (Å²) < 4.78 is 5.16. The Hall–Kier alpha value is -2.01. The normalized spacial score (nSPS) is 12.1. The van der Waals surface area contributed by atoms with Crippen molar-refractivity contribution in [1.29, 1.82) is 0 Å². The molecule has 88 valence electrons. The van der Waals surface area contributed by atoms with Crippen LogP contribution in [0.3, 0.4) is 0 Å². The number of nitrogens with zero attached hydrogens (tertiary/aromatic N) is 3. The number of methoxy groups -OCH3 is 1. The van der Waals surface area contributed by atoms with Crippen molar-refractivity contribution < 1.29 is 4.74 Å². The Bertz CT molecular complexity index is 475. The Morgan fingerprint density at radius 3 is 2.41 bits per heavy atom. The predicted molar refractivity (Wildman–Crippen MR) is 63.7 cm³/mol. The van der Waals surface area contributed by atoms with E-state index >= 15 is 0 Å². The van der Waals surface area contributed by atoms with Crippen molar-refractivity contribution >= 4 is 0 Å². The van der Waals surface area contributed by atoms with Crippen molar-refractivity contribution in [1.82, 2.24) is 20.3 Å². The van der Waals surface area contributed by atoms with Gasteiger partial charge in [0.2, 0.25) is 0 Å². The largest absolute Gasteiger partial charge is 0.495 e. The fraction of sp³-hybridized carbons (Fsp3) is 0.250. The van der Waals surface area contributed by atoms with Crippen LogP contribution in [-0.4, -0.2) is 29.1 Å². The van der Waals surface area contributed by atoms with Gasteiger partial charge >= 0.3 is 0 Å². The third-order valence-electron chi connectivity index (χ3n) is 2.51. The number of aromatic nitrogens is 3. The molecule has 5 nitrogen and oxygen atoms in total. The topological polar surface area (TPSA) is 59.9 Å². The minimum Gasteiger partial charge on any atom is -0.495 e. The summed E-state index contributed by atoms with van der Waals surface area (Å²) in [5.41, 5.74) is 2.01. The number of hydrogen-bond acceptors (Lipinski definition) is 5. The average Bonchev–Trinajstić information content (AvgIpc) is 2.41. The summed E-state index contributed by atoms with van der Waals surface area (Å²) in [6.45, 7) is 0. The van der Waals surface area contributed by atoms with Gasteiger partial charge in [0.25, 0.3) is 0 Å². The van der Waals surface area contributed by atoms with Crippen molar-refractivity contribution in [2.24, 2.45) is 0 Å². The number of ether oxygens (including phenoxy) is 1. The maximum Gasteiger partial charge on any atom is 0.137 e. The Morgan fingerprint density at radius 1 is 1.06 bits per heavy atom. The van der Waals surface area contributed by atoms with Gasteiger partial charge in [-0.2, -0.15) is 0 Å². The molecule has 1 N–H and O–H groups in total. The van der Waals surface area contributed by atoms with Crippen LogP contribution < -0.4 is 10.1 Å². The zero-order valence-electron chi connectivity index (χ0n) is 9.79. The summed E-state index contributed by atoms with van der Waals surface area (Å²) >= 11 is 0. The summed E-state index contributed by atoms with van der Waals surface area (Å²) in [5.74, 6) is 0.736. The Labute approximate surface area is 99.9 Å². The second kappa shape index (κ2) is 5.36. The van der Waals surface area contributed by atoms with Crippen LogP contribution in [-0.2, 0) is 0 Å². The second-order valence-corrected chi connectivity index (χ2v) is 3.55. The molecule has 0 aliphatic rings. The van der Waals surface area contributed by atoms with E-state index in [4.69, 9.17) is 4.74 Å². The molecule has 1 unspecified atom stereocenters. The lowest BCUT2D eigenvalue weighted by Crippen LogP contribution is -2.18. The molecule has 0 amide bonds. The summed E-state index contributed by atoms with van der Waals surface area (Å²) in [6.07, 6.45) is 8.57. The summed E-state index contributed by atoms with van der Waals surface area (Å²) in [4.78, 5) is 12.2. The molecule has 0 radical (unpaired) electrons. The highest BCUT2D eigenvalue weighted by Gasteiger charge is 2.13. The molecule has 0 aliphatic carbocycles. The van der Waals surface area contributed by atoms with Crippen LogP contribution in [0.1, 0.15) is 17.2 Å². The summed E-state index contributed by atoms with van der Waals surface area (Å²) in [5, 5.41) is 3.21. The molecule has 0 saturated carbocycles. The molecule has 17 heavy (non-hydrogen) atoms. The van der Waals surface area contributed by atoms with Gasteiger partial charge in [0, 0.05) is 24.2 Å². The standard InChI is InChI=1S/C12H14N4O/c1-13-12(10-5-15-8-16-6-10)9-3-11(17-2)7-14-4-9/h3-8,12-13H,1-2H3. The number of nitrogens with one attached hydrogen (secondary N) is 1. The van der Waals surface area contributed by atoms with E-state index in [1.807, 2.05) is 13.1 Å². The van der Waals surface area contributed by atoms with Crippen LogP contribution in [0.5, 0.6) is 5.75 Å². The van der Waals surface area contributed by atoms with Crippen molar-refractivity contribution in [3.8, 4) is 5.75 Å². The van der Waals surface area contributed by atoms with E-state index < -0.39 is 0 Å². The average molecular weight is 230 g/mol. The number of rotatable bonds is 4. The first kappa shape index (κ1) is 11.5. The van der Waals surface area contributed by atoms with Gasteiger partial charge in [-0.25, -0.2) is 9.97 Å². The van der Waals surface area contributed by atoms with E-state index in [-0.39, 0.29) is 6.04 Å². The van der Waals surface area contributed by atoms with Crippen LogP contribution in [0.15, 0.2) is 37.2 Å². The first-order valence-corrected chi connectivity index (χ1v) is 5.26. The van der Waals surface area contributed by atoms with E-state index in [0.29, 0.717) is 0 Å². The molecular weight excluding hydrogens is 216 g/mol. The fourth-order valence-electron chi connectivity index (χ4n) is 1.69. The molecule has 0 saturated heterocycles. The maximum absolute atomic E-state index is 5.16. The summed E-state index contributed by atoms with van der Waals surface area (Å²) in [7, 11) is 3.51. The first-order chi connectivity index (χ1) is 8.35. The zero-order chi connectivity index (χ0) is 12.1. The van der Waals surface area contributed by atoms with Gasteiger partial charge < -0.3 is 10.1 Å². The highest BCUT2D eigenvalue weighted by atomic mass is 16.5. The molecule has 5 heteroatoms. The molecule has 1 atom stereocenters. The molecular formula is C12H14N4O. The Kier molecular flexibility index (Phi) is 3.62. The molecule has 0 fully saturated rings. The van der Waals surface area contributed by atoms with Crippen LogP contribution >= 0.6 is 0 Å². The number of hydrogen-bond donors (Lipinski definition) is 1. The quantitative estimate of drug-likeness (QED) is 0.855. The van der Waals surface area contributed by atoms with Gasteiger partial charge in [0.05, 0.1) is 19.3 Å². The third-order valence-corrected chi connectivity index (χ3v) is 2.51. The predicted octanol–water partition coefficient (Wildman–Crippen LogP) is 1.19. The molecule has 2 aromatic heterocycles. The van der Waals surface area contributed by atoms with Crippen LogP contribution in [0.25, 0.3) is 0 Å². The fourth-order valence-corrected chi connectivity index (χ4v) is 1.69. The first-order valence-electron chi connectivity index (χ1n) is 5.26. The van der Waals surface area contributed by atoms with Crippen molar-refractivity contribution in [3.05, 3.63) is 48.3 Å². The van der Waals surface area contributed by atoms with E-state index in [9.17, 15) is 0 Å². The lowest BCUT2D eigenvalue weighted by atomic mass is 10.0. The third kappa shape index (κ3) is 2.57. The van der Waals surface area contributed by atoms with E-state index in [1.165, 1.54) is 6.33 Å². The van der Waals surface area contributed by atoms with Gasteiger partial charge in [0.1, 0.15) is 12.1 Å². The Balaban J connectivity index is 2.35. The van der Waals surface area contributed by atoms with E-state index in [0.717, 1.165) is 16.9 Å². The molecule has 0 aliphatic heterocycles. The monoisotopic (exact) mass is 230 g/mol. The molecule has 0 bridgehead atoms. The lowest BCUT2D eigenvalue weighted by molar-refractivity contribution is 0.411. The van der Waals surface area contributed by atoms with E-state index in [2.05, 4.69) is 20.3 Å². The molecule has 0 aromatic carbocycles. The van der Waals surface area contributed by atoms with Crippen LogP contribution in [0.4, 0.5) is 0 Å². The maximum atomic E-state index is 5.16. The SMILES string of the molecule is CNC(c1cncnc1)c1cncc(OC)c1. The number of pyridine rings is 1. The van der Waals surface area contributed by atoms with E-state index in [1.54, 1.807) is 31.9 Å². The zero-order valence-corrected chi connectivity index (χ0v) is 9.79. The summed E-state index contributed by atoms with van der Waals surface area (Å²) in [6, 6.07) is 1.96. The van der Waals surface area contributed by atoms with Crippen molar-refractivity contribution in [3.63, 3.8) is 0 Å². The Morgan fingerprint density at radius 2 is 1.76 bits per heavy atom. The molecule has 2 aromatic rings. The van der Waals surface area contributed by atoms with Crippen LogP contribution in [0.2, 0.25) is 0 Å². The molecule has 2 rings (SSSR count). The van der Waals surface area contributed by atoms with Crippen LogP contribution in [0, 0.1) is 0 Å². The lowest BCUT2D eigenvalue weighted by Gasteiger charge is -2.16. The van der Waals surface area contributed by atoms with Gasteiger partial charge in [0.15, 0.2) is 0 Å².